The molecule has 1 atom stereocenters. The highest BCUT2D eigenvalue weighted by Gasteiger charge is 2.15. The summed E-state index contributed by atoms with van der Waals surface area (Å²) in [6, 6.07) is 3.84. The van der Waals surface area contributed by atoms with Gasteiger partial charge in [0.2, 0.25) is 5.75 Å². The quantitative estimate of drug-likeness (QED) is 0.743. The fourth-order valence-corrected chi connectivity index (χ4v) is 2.27. The normalized spacial score (nSPS) is 12.2. The smallest absolute Gasteiger partial charge is 0.203 e. The van der Waals surface area contributed by atoms with Crippen LogP contribution in [0.5, 0.6) is 17.2 Å². The third-order valence-electron chi connectivity index (χ3n) is 3.40. The van der Waals surface area contributed by atoms with Crippen LogP contribution in [0.1, 0.15) is 20.8 Å². The zero-order valence-corrected chi connectivity index (χ0v) is 13.3. The van der Waals surface area contributed by atoms with Gasteiger partial charge in [-0.05, 0) is 20.0 Å². The van der Waals surface area contributed by atoms with Gasteiger partial charge in [-0.1, -0.05) is 13.8 Å². The first kappa shape index (κ1) is 16.4. The van der Waals surface area contributed by atoms with Crippen LogP contribution >= 0.6 is 0 Å². The zero-order chi connectivity index (χ0) is 15.1. The number of rotatable bonds is 8. The number of benzene rings is 1. The number of hydrogen-bond donors (Lipinski definition) is 1. The Labute approximate surface area is 121 Å². The molecule has 5 heteroatoms. The summed E-state index contributed by atoms with van der Waals surface area (Å²) in [4.78, 5) is 2.32. The SMILES string of the molecule is CCN(CC)C(C)Nc1cc(OC)c(OC)c(OC)c1. The summed E-state index contributed by atoms with van der Waals surface area (Å²) >= 11 is 0. The Morgan fingerprint density at radius 2 is 1.50 bits per heavy atom. The molecule has 1 unspecified atom stereocenters. The molecule has 0 saturated carbocycles. The van der Waals surface area contributed by atoms with Gasteiger partial charge in [-0.3, -0.25) is 4.90 Å². The molecule has 0 fully saturated rings. The number of ether oxygens (including phenoxy) is 3. The number of methoxy groups -OCH3 is 3. The number of nitrogens with zero attached hydrogens (tertiary/aromatic N) is 1. The summed E-state index contributed by atoms with van der Waals surface area (Å²) < 4.78 is 16.0. The maximum absolute atomic E-state index is 5.36. The van der Waals surface area contributed by atoms with E-state index < -0.39 is 0 Å². The summed E-state index contributed by atoms with van der Waals surface area (Å²) in [7, 11) is 4.84. The van der Waals surface area contributed by atoms with E-state index in [1.54, 1.807) is 21.3 Å². The van der Waals surface area contributed by atoms with Crippen LogP contribution in [0, 0.1) is 0 Å². The minimum absolute atomic E-state index is 0.229. The molecule has 0 aliphatic rings. The Hall–Kier alpha value is -1.62. The highest BCUT2D eigenvalue weighted by molar-refractivity contribution is 5.62. The largest absolute Gasteiger partial charge is 0.493 e. The van der Waals surface area contributed by atoms with Gasteiger partial charge in [-0.15, -0.1) is 0 Å². The maximum atomic E-state index is 5.36. The average molecular weight is 282 g/mol. The van der Waals surface area contributed by atoms with Crippen molar-refractivity contribution in [1.29, 1.82) is 0 Å². The minimum atomic E-state index is 0.229. The van der Waals surface area contributed by atoms with Crippen LogP contribution in [0.2, 0.25) is 0 Å². The van der Waals surface area contributed by atoms with E-state index in [4.69, 9.17) is 14.2 Å². The van der Waals surface area contributed by atoms with Gasteiger partial charge >= 0.3 is 0 Å². The van der Waals surface area contributed by atoms with Gasteiger partial charge in [-0.2, -0.15) is 0 Å². The van der Waals surface area contributed by atoms with Crippen molar-refractivity contribution < 1.29 is 14.2 Å². The van der Waals surface area contributed by atoms with Gasteiger partial charge in [0, 0.05) is 17.8 Å². The molecule has 1 aromatic carbocycles. The van der Waals surface area contributed by atoms with Crippen molar-refractivity contribution in [2.24, 2.45) is 0 Å². The first-order valence-electron chi connectivity index (χ1n) is 6.91. The number of nitrogens with one attached hydrogen (secondary N) is 1. The van der Waals surface area contributed by atoms with Crippen molar-refractivity contribution in [2.75, 3.05) is 39.7 Å². The molecular weight excluding hydrogens is 256 g/mol. The van der Waals surface area contributed by atoms with Gasteiger partial charge in [0.05, 0.1) is 27.5 Å². The predicted molar refractivity (Wildman–Crippen MR) is 82.1 cm³/mol. The van der Waals surface area contributed by atoms with E-state index in [9.17, 15) is 0 Å². The van der Waals surface area contributed by atoms with Crippen LogP contribution in [-0.4, -0.2) is 45.5 Å². The topological polar surface area (TPSA) is 43.0 Å². The number of hydrogen-bond acceptors (Lipinski definition) is 5. The summed E-state index contributed by atoms with van der Waals surface area (Å²) in [5.41, 5.74) is 0.943. The van der Waals surface area contributed by atoms with Crippen molar-refractivity contribution in [2.45, 2.75) is 26.9 Å². The fraction of sp³-hybridized carbons (Fsp3) is 0.600. The minimum Gasteiger partial charge on any atom is -0.493 e. The summed E-state index contributed by atoms with van der Waals surface area (Å²) in [5, 5.41) is 3.45. The van der Waals surface area contributed by atoms with Gasteiger partial charge in [0.15, 0.2) is 11.5 Å². The molecule has 20 heavy (non-hydrogen) atoms. The third-order valence-corrected chi connectivity index (χ3v) is 3.40. The highest BCUT2D eigenvalue weighted by Crippen LogP contribution is 2.40. The van der Waals surface area contributed by atoms with Crippen LogP contribution in [0.25, 0.3) is 0 Å². The Morgan fingerprint density at radius 1 is 1.00 bits per heavy atom. The van der Waals surface area contributed by atoms with E-state index in [0.29, 0.717) is 17.2 Å². The van der Waals surface area contributed by atoms with Crippen molar-refractivity contribution in [3.63, 3.8) is 0 Å². The van der Waals surface area contributed by atoms with Crippen LogP contribution < -0.4 is 19.5 Å². The van der Waals surface area contributed by atoms with Crippen LogP contribution in [-0.2, 0) is 0 Å². The molecule has 0 bridgehead atoms. The lowest BCUT2D eigenvalue weighted by Gasteiger charge is -2.28. The van der Waals surface area contributed by atoms with Gasteiger partial charge in [0.25, 0.3) is 0 Å². The molecule has 0 spiro atoms. The van der Waals surface area contributed by atoms with E-state index in [1.165, 1.54) is 0 Å². The number of anilines is 1. The van der Waals surface area contributed by atoms with Crippen molar-refractivity contribution in [3.05, 3.63) is 12.1 Å². The van der Waals surface area contributed by atoms with Crippen molar-refractivity contribution >= 4 is 5.69 Å². The van der Waals surface area contributed by atoms with E-state index in [-0.39, 0.29) is 6.17 Å². The molecule has 1 N–H and O–H groups in total. The maximum Gasteiger partial charge on any atom is 0.203 e. The molecule has 5 nitrogen and oxygen atoms in total. The lowest BCUT2D eigenvalue weighted by Crippen LogP contribution is -2.38. The van der Waals surface area contributed by atoms with Gasteiger partial charge < -0.3 is 19.5 Å². The summed E-state index contributed by atoms with van der Waals surface area (Å²) in [5.74, 6) is 1.92. The second-order valence-electron chi connectivity index (χ2n) is 4.46. The summed E-state index contributed by atoms with van der Waals surface area (Å²) in [6.07, 6.45) is 0.229. The van der Waals surface area contributed by atoms with Crippen LogP contribution in [0.4, 0.5) is 5.69 Å². The molecule has 0 aliphatic heterocycles. The third kappa shape index (κ3) is 3.70. The first-order valence-corrected chi connectivity index (χ1v) is 6.91. The molecule has 0 radical (unpaired) electrons. The standard InChI is InChI=1S/C15H26N2O3/c1-7-17(8-2)11(3)16-12-9-13(18-4)15(20-6)14(10-12)19-5/h9-11,16H,7-8H2,1-6H3. The molecule has 0 heterocycles. The second-order valence-corrected chi connectivity index (χ2v) is 4.46. The molecule has 0 aliphatic carbocycles. The molecule has 0 aromatic heterocycles. The van der Waals surface area contributed by atoms with E-state index in [2.05, 4.69) is 31.0 Å². The highest BCUT2D eigenvalue weighted by atomic mass is 16.5. The van der Waals surface area contributed by atoms with Crippen LogP contribution in [0.3, 0.4) is 0 Å². The lowest BCUT2D eigenvalue weighted by atomic mass is 10.2. The van der Waals surface area contributed by atoms with E-state index >= 15 is 0 Å². The van der Waals surface area contributed by atoms with E-state index in [1.807, 2.05) is 12.1 Å². The Bertz CT molecular complexity index is 395. The molecule has 0 amide bonds. The Morgan fingerprint density at radius 3 is 1.85 bits per heavy atom. The molecular formula is C15H26N2O3. The summed E-state index contributed by atoms with van der Waals surface area (Å²) in [6.45, 7) is 8.42. The fourth-order valence-electron chi connectivity index (χ4n) is 2.27. The molecule has 0 saturated heterocycles. The average Bonchev–Trinajstić information content (AvgIpc) is 2.47. The Balaban J connectivity index is 3.01. The first-order chi connectivity index (χ1) is 9.60. The van der Waals surface area contributed by atoms with Gasteiger partial charge in [-0.25, -0.2) is 0 Å². The molecule has 114 valence electrons. The monoisotopic (exact) mass is 282 g/mol. The van der Waals surface area contributed by atoms with Gasteiger partial charge in [0.1, 0.15) is 0 Å². The van der Waals surface area contributed by atoms with Crippen LogP contribution in [0.15, 0.2) is 12.1 Å². The van der Waals surface area contributed by atoms with Crippen molar-refractivity contribution in [3.8, 4) is 17.2 Å². The molecule has 1 aromatic rings. The van der Waals surface area contributed by atoms with E-state index in [0.717, 1.165) is 18.8 Å². The predicted octanol–water partition coefficient (Wildman–Crippen LogP) is 2.81. The lowest BCUT2D eigenvalue weighted by molar-refractivity contribution is 0.253. The Kier molecular flexibility index (Phi) is 6.45. The van der Waals surface area contributed by atoms with Crippen molar-refractivity contribution in [1.82, 2.24) is 4.90 Å². The second kappa shape index (κ2) is 7.85. The zero-order valence-electron chi connectivity index (χ0n) is 13.3. The molecule has 1 rings (SSSR count).